The second kappa shape index (κ2) is 6.03. The largest absolute Gasteiger partial charge is 0.285 e. The van der Waals surface area contributed by atoms with Gasteiger partial charge in [0.25, 0.3) is 20.2 Å². The van der Waals surface area contributed by atoms with E-state index >= 15 is 0 Å². The lowest BCUT2D eigenvalue weighted by Gasteiger charge is -2.43. The standard InChI is InChI=1S/C14H26O6S2/c1-10-5-3-7-12(10)14(22(18,19)20,9-21(15,16)17)13-8-4-6-11(13)2/h10-13H,3-9H2,1-2H3,(H,15,16,17)(H,18,19,20). The average molecular weight is 354 g/mol. The molecule has 0 aromatic heterocycles. The summed E-state index contributed by atoms with van der Waals surface area (Å²) in [5, 5.41) is 0. The molecule has 2 saturated carbocycles. The molecular formula is C14H26O6S2. The van der Waals surface area contributed by atoms with Gasteiger partial charge in [-0.15, -0.1) is 0 Å². The van der Waals surface area contributed by atoms with E-state index in [2.05, 4.69) is 0 Å². The van der Waals surface area contributed by atoms with Crippen molar-refractivity contribution in [2.45, 2.75) is 57.1 Å². The molecule has 0 aromatic rings. The Morgan fingerprint density at radius 2 is 1.27 bits per heavy atom. The van der Waals surface area contributed by atoms with Gasteiger partial charge in [0.05, 0.1) is 5.75 Å². The molecule has 4 unspecified atom stereocenters. The van der Waals surface area contributed by atoms with Gasteiger partial charge in [-0.1, -0.05) is 39.5 Å². The van der Waals surface area contributed by atoms with Crippen molar-refractivity contribution in [3.8, 4) is 0 Å². The third-order valence-electron chi connectivity index (χ3n) is 5.87. The van der Waals surface area contributed by atoms with Crippen LogP contribution in [0.5, 0.6) is 0 Å². The zero-order valence-electron chi connectivity index (χ0n) is 13.1. The van der Waals surface area contributed by atoms with Gasteiger partial charge >= 0.3 is 0 Å². The summed E-state index contributed by atoms with van der Waals surface area (Å²) in [6.07, 6.45) is 4.40. The van der Waals surface area contributed by atoms with Gasteiger partial charge in [-0.2, -0.15) is 16.8 Å². The molecule has 22 heavy (non-hydrogen) atoms. The summed E-state index contributed by atoms with van der Waals surface area (Å²) in [7, 11) is -9.16. The first-order valence-electron chi connectivity index (χ1n) is 7.91. The van der Waals surface area contributed by atoms with Gasteiger partial charge < -0.3 is 0 Å². The van der Waals surface area contributed by atoms with Crippen molar-refractivity contribution in [2.24, 2.45) is 23.7 Å². The Kier molecular flexibility index (Phi) is 4.98. The summed E-state index contributed by atoms with van der Waals surface area (Å²) < 4.78 is 65.6. The maximum absolute atomic E-state index is 12.4. The van der Waals surface area contributed by atoms with Crippen molar-refractivity contribution in [1.82, 2.24) is 0 Å². The zero-order valence-corrected chi connectivity index (χ0v) is 14.7. The predicted molar refractivity (Wildman–Crippen MR) is 83.7 cm³/mol. The van der Waals surface area contributed by atoms with E-state index in [9.17, 15) is 25.9 Å². The summed E-state index contributed by atoms with van der Waals surface area (Å²) in [6.45, 7) is 3.81. The number of hydrogen-bond acceptors (Lipinski definition) is 4. The number of hydrogen-bond donors (Lipinski definition) is 2. The first-order valence-corrected chi connectivity index (χ1v) is 11.0. The molecule has 0 bridgehead atoms. The molecule has 2 aliphatic carbocycles. The summed E-state index contributed by atoms with van der Waals surface area (Å²) in [6, 6.07) is 0. The van der Waals surface area contributed by atoms with Crippen LogP contribution in [0.4, 0.5) is 0 Å². The molecule has 130 valence electrons. The molecule has 2 aliphatic rings. The van der Waals surface area contributed by atoms with Crippen LogP contribution in [0, 0.1) is 23.7 Å². The molecule has 2 rings (SSSR count). The van der Waals surface area contributed by atoms with Crippen molar-refractivity contribution < 1.29 is 25.9 Å². The van der Waals surface area contributed by atoms with E-state index in [0.29, 0.717) is 12.8 Å². The Balaban J connectivity index is 2.63. The molecule has 2 fully saturated rings. The minimum absolute atomic E-state index is 0.0106. The summed E-state index contributed by atoms with van der Waals surface area (Å²) >= 11 is 0. The molecule has 0 aromatic carbocycles. The summed E-state index contributed by atoms with van der Waals surface area (Å²) in [5.41, 5.74) is 0. The maximum Gasteiger partial charge on any atom is 0.272 e. The van der Waals surface area contributed by atoms with Crippen molar-refractivity contribution >= 4 is 20.2 Å². The predicted octanol–water partition coefficient (Wildman–Crippen LogP) is 2.37. The van der Waals surface area contributed by atoms with E-state index in [1.807, 2.05) is 13.8 Å². The fourth-order valence-electron chi connectivity index (χ4n) is 4.97. The lowest BCUT2D eigenvalue weighted by Crippen LogP contribution is -2.57. The molecular weight excluding hydrogens is 328 g/mol. The smallest absolute Gasteiger partial charge is 0.272 e. The monoisotopic (exact) mass is 354 g/mol. The van der Waals surface area contributed by atoms with E-state index in [-0.39, 0.29) is 11.8 Å². The van der Waals surface area contributed by atoms with Crippen molar-refractivity contribution in [2.75, 3.05) is 5.75 Å². The second-order valence-electron chi connectivity index (χ2n) is 7.19. The van der Waals surface area contributed by atoms with Crippen LogP contribution < -0.4 is 0 Å². The quantitative estimate of drug-likeness (QED) is 0.734. The Hall–Kier alpha value is -0.180. The molecule has 4 atom stereocenters. The first-order chi connectivity index (χ1) is 9.99. The minimum Gasteiger partial charge on any atom is -0.285 e. The first kappa shape index (κ1) is 18.2. The van der Waals surface area contributed by atoms with Gasteiger partial charge in [0.2, 0.25) is 0 Å². The molecule has 0 amide bonds. The second-order valence-corrected chi connectivity index (χ2v) is 10.3. The van der Waals surface area contributed by atoms with Crippen LogP contribution in [0.1, 0.15) is 52.4 Å². The van der Waals surface area contributed by atoms with Crippen LogP contribution in [0.25, 0.3) is 0 Å². The highest BCUT2D eigenvalue weighted by Crippen LogP contribution is 2.53. The normalized spacial score (nSPS) is 36.4. The van der Waals surface area contributed by atoms with E-state index in [4.69, 9.17) is 0 Å². The molecule has 0 saturated heterocycles. The van der Waals surface area contributed by atoms with E-state index in [1.165, 1.54) is 0 Å². The number of rotatable bonds is 5. The lowest BCUT2D eigenvalue weighted by molar-refractivity contribution is 0.189. The van der Waals surface area contributed by atoms with Crippen LogP contribution in [0.3, 0.4) is 0 Å². The molecule has 8 heteroatoms. The van der Waals surface area contributed by atoms with Gasteiger partial charge in [-0.05, 0) is 36.5 Å². The Labute approximate surface area is 133 Å². The van der Waals surface area contributed by atoms with Crippen molar-refractivity contribution in [3.63, 3.8) is 0 Å². The Morgan fingerprint density at radius 3 is 1.50 bits per heavy atom. The van der Waals surface area contributed by atoms with Gasteiger partial charge in [0.1, 0.15) is 4.75 Å². The molecule has 0 aliphatic heterocycles. The van der Waals surface area contributed by atoms with Gasteiger partial charge in [0.15, 0.2) is 0 Å². The SMILES string of the molecule is CC1CCCC1C(CS(=O)(=O)O)(C1CCCC1C)S(=O)(=O)O. The summed E-state index contributed by atoms with van der Waals surface area (Å²) in [4.78, 5) is 0. The zero-order chi connectivity index (χ0) is 16.8. The van der Waals surface area contributed by atoms with Crippen LogP contribution in [0.2, 0.25) is 0 Å². The Morgan fingerprint density at radius 1 is 0.864 bits per heavy atom. The van der Waals surface area contributed by atoms with E-state index in [0.717, 1.165) is 25.7 Å². The van der Waals surface area contributed by atoms with Gasteiger partial charge in [-0.25, -0.2) is 0 Å². The third-order valence-corrected chi connectivity index (χ3v) is 8.60. The molecule has 0 radical (unpaired) electrons. The maximum atomic E-state index is 12.4. The highest BCUT2D eigenvalue weighted by molar-refractivity contribution is 7.90. The summed E-state index contributed by atoms with van der Waals surface area (Å²) in [5.74, 6) is -1.75. The topological polar surface area (TPSA) is 109 Å². The third kappa shape index (κ3) is 3.20. The van der Waals surface area contributed by atoms with Crippen LogP contribution in [0.15, 0.2) is 0 Å². The van der Waals surface area contributed by atoms with Gasteiger partial charge in [0, 0.05) is 0 Å². The van der Waals surface area contributed by atoms with Gasteiger partial charge in [-0.3, -0.25) is 9.11 Å². The minimum atomic E-state index is -4.63. The van der Waals surface area contributed by atoms with E-state index < -0.39 is 42.6 Å². The molecule has 2 N–H and O–H groups in total. The van der Waals surface area contributed by atoms with E-state index in [1.54, 1.807) is 0 Å². The van der Waals surface area contributed by atoms with Crippen LogP contribution in [-0.2, 0) is 20.2 Å². The van der Waals surface area contributed by atoms with Crippen molar-refractivity contribution in [3.05, 3.63) is 0 Å². The lowest BCUT2D eigenvalue weighted by atomic mass is 9.73. The molecule has 0 spiro atoms. The molecule has 6 nitrogen and oxygen atoms in total. The molecule has 0 heterocycles. The highest BCUT2D eigenvalue weighted by atomic mass is 32.2. The average Bonchev–Trinajstić information content (AvgIpc) is 2.92. The fourth-order valence-corrected chi connectivity index (χ4v) is 8.48. The van der Waals surface area contributed by atoms with Crippen molar-refractivity contribution in [1.29, 1.82) is 0 Å². The fraction of sp³-hybridized carbons (Fsp3) is 1.00. The highest BCUT2D eigenvalue weighted by Gasteiger charge is 2.60. The Bertz CT molecular complexity index is 589. The van der Waals surface area contributed by atoms with Crippen LogP contribution in [-0.4, -0.2) is 36.4 Å². The van der Waals surface area contributed by atoms with Crippen LogP contribution >= 0.6 is 0 Å².